The third kappa shape index (κ3) is 4.68. The molecule has 0 aromatic heterocycles. The smallest absolute Gasteiger partial charge is 0.495 e. The van der Waals surface area contributed by atoms with E-state index in [9.17, 15) is 8.42 Å². The minimum absolute atomic E-state index is 0.0804. The van der Waals surface area contributed by atoms with Crippen LogP contribution < -0.4 is 10.2 Å². The second kappa shape index (κ2) is 8.13. The van der Waals surface area contributed by atoms with E-state index in [-0.39, 0.29) is 5.75 Å². The lowest BCUT2D eigenvalue weighted by Crippen LogP contribution is -2.41. The molecule has 0 aliphatic carbocycles. The molecule has 1 saturated heterocycles. The van der Waals surface area contributed by atoms with Gasteiger partial charge in [-0.1, -0.05) is 24.3 Å². The largest absolute Gasteiger partial charge is 0.497 e. The van der Waals surface area contributed by atoms with E-state index < -0.39 is 28.2 Å². The fraction of sp³-hybridized carbons (Fsp3) is 0.455. The first kappa shape index (κ1) is 21.9. The van der Waals surface area contributed by atoms with Gasteiger partial charge in [0, 0.05) is 0 Å². The summed E-state index contributed by atoms with van der Waals surface area (Å²) >= 11 is 0. The average Bonchev–Trinajstić information content (AvgIpc) is 2.89. The van der Waals surface area contributed by atoms with Crippen molar-refractivity contribution in [2.24, 2.45) is 0 Å². The van der Waals surface area contributed by atoms with Gasteiger partial charge in [-0.05, 0) is 75.8 Å². The number of benzene rings is 2. The average molecular weight is 416 g/mol. The van der Waals surface area contributed by atoms with Crippen molar-refractivity contribution in [2.75, 3.05) is 12.9 Å². The van der Waals surface area contributed by atoms with Crippen molar-refractivity contribution in [3.05, 3.63) is 54.1 Å². The third-order valence-corrected chi connectivity index (χ3v) is 7.64. The van der Waals surface area contributed by atoms with Crippen LogP contribution in [0.5, 0.6) is 5.75 Å². The monoisotopic (exact) mass is 416 g/mol. The molecule has 0 amide bonds. The van der Waals surface area contributed by atoms with Crippen LogP contribution in [0.2, 0.25) is 0 Å². The molecule has 0 atom stereocenters. The van der Waals surface area contributed by atoms with E-state index in [4.69, 9.17) is 14.0 Å². The van der Waals surface area contributed by atoms with Gasteiger partial charge in [0.25, 0.3) is 0 Å². The molecule has 156 valence electrons. The van der Waals surface area contributed by atoms with Crippen LogP contribution >= 0.6 is 0 Å². The van der Waals surface area contributed by atoms with E-state index in [0.717, 1.165) is 16.8 Å². The van der Waals surface area contributed by atoms with E-state index in [1.165, 1.54) is 0 Å². The van der Waals surface area contributed by atoms with Crippen LogP contribution in [-0.2, 0) is 25.6 Å². The maximum absolute atomic E-state index is 12.6. The van der Waals surface area contributed by atoms with Gasteiger partial charge in [0.15, 0.2) is 9.84 Å². The van der Waals surface area contributed by atoms with Gasteiger partial charge in [-0.25, -0.2) is 8.42 Å². The summed E-state index contributed by atoms with van der Waals surface area (Å²) in [6, 6.07) is 14.3. The fourth-order valence-electron chi connectivity index (χ4n) is 3.32. The molecule has 5 nitrogen and oxygen atoms in total. The lowest BCUT2D eigenvalue weighted by Gasteiger charge is -2.32. The Morgan fingerprint density at radius 3 is 2.17 bits per heavy atom. The van der Waals surface area contributed by atoms with Crippen molar-refractivity contribution in [2.45, 2.75) is 56.6 Å². The summed E-state index contributed by atoms with van der Waals surface area (Å²) in [6.45, 7) is 8.07. The first-order valence-electron chi connectivity index (χ1n) is 9.86. The Labute approximate surface area is 174 Å². The summed E-state index contributed by atoms with van der Waals surface area (Å²) in [6.07, 6.45) is 1.08. The molecule has 7 heteroatoms. The van der Waals surface area contributed by atoms with Gasteiger partial charge in [0.1, 0.15) is 5.75 Å². The maximum Gasteiger partial charge on any atom is 0.495 e. The molecule has 2 aromatic carbocycles. The Kier molecular flexibility index (Phi) is 6.13. The van der Waals surface area contributed by atoms with Crippen molar-refractivity contribution in [1.82, 2.24) is 0 Å². The van der Waals surface area contributed by atoms with Gasteiger partial charge in [0.05, 0.1) is 29.0 Å². The molecular weight excluding hydrogens is 387 g/mol. The molecule has 0 bridgehead atoms. The number of rotatable bonds is 7. The van der Waals surface area contributed by atoms with Crippen molar-refractivity contribution < 1.29 is 22.5 Å². The van der Waals surface area contributed by atoms with E-state index >= 15 is 0 Å². The highest BCUT2D eigenvalue weighted by Gasteiger charge is 2.52. The summed E-state index contributed by atoms with van der Waals surface area (Å²) in [5.41, 5.74) is 1.02. The predicted octanol–water partition coefficient (Wildman–Crippen LogP) is 3.40. The third-order valence-electron chi connectivity index (χ3n) is 5.82. The molecule has 1 heterocycles. The highest BCUT2D eigenvalue weighted by Crippen LogP contribution is 2.37. The zero-order valence-electron chi connectivity index (χ0n) is 17.8. The van der Waals surface area contributed by atoms with E-state index in [1.54, 1.807) is 31.4 Å². The number of hydrogen-bond acceptors (Lipinski definition) is 5. The van der Waals surface area contributed by atoms with Crippen molar-refractivity contribution in [1.29, 1.82) is 0 Å². The second-order valence-corrected chi connectivity index (χ2v) is 10.5. The summed E-state index contributed by atoms with van der Waals surface area (Å²) in [5, 5.41) is 0. The standard InChI is InChI=1S/C22H29BO5S/c1-21(2)22(3,4)28-23(27-21)20-14-13-18(26-5)16-17(20)10-9-15-29(24,25)19-11-7-6-8-12-19/h6-8,11-14,16H,9-10,15H2,1-5H3. The predicted molar refractivity (Wildman–Crippen MR) is 116 cm³/mol. The quantitative estimate of drug-likeness (QED) is 0.648. The van der Waals surface area contributed by atoms with Gasteiger partial charge < -0.3 is 14.0 Å². The second-order valence-electron chi connectivity index (χ2n) is 8.39. The molecule has 1 fully saturated rings. The highest BCUT2D eigenvalue weighted by molar-refractivity contribution is 7.91. The normalized spacial score (nSPS) is 18.0. The van der Waals surface area contributed by atoms with E-state index in [0.29, 0.717) is 17.7 Å². The molecule has 0 saturated carbocycles. The minimum Gasteiger partial charge on any atom is -0.497 e. The molecule has 0 spiro atoms. The summed E-state index contributed by atoms with van der Waals surface area (Å²) in [5.74, 6) is 0.808. The lowest BCUT2D eigenvalue weighted by molar-refractivity contribution is 0.00578. The van der Waals surface area contributed by atoms with Crippen LogP contribution in [0.25, 0.3) is 0 Å². The van der Waals surface area contributed by atoms with Crippen LogP contribution in [0.4, 0.5) is 0 Å². The molecule has 0 radical (unpaired) electrons. The molecule has 0 N–H and O–H groups in total. The first-order chi connectivity index (χ1) is 13.6. The number of aryl methyl sites for hydroxylation is 1. The zero-order valence-corrected chi connectivity index (χ0v) is 18.6. The number of hydrogen-bond donors (Lipinski definition) is 0. The summed E-state index contributed by atoms with van der Waals surface area (Å²) in [4.78, 5) is 0.358. The van der Waals surface area contributed by atoms with Crippen molar-refractivity contribution in [3.63, 3.8) is 0 Å². The van der Waals surface area contributed by atoms with Crippen LogP contribution in [0, 0.1) is 0 Å². The number of sulfone groups is 1. The Bertz CT molecular complexity index is 938. The molecule has 29 heavy (non-hydrogen) atoms. The van der Waals surface area contributed by atoms with Gasteiger partial charge in [0.2, 0.25) is 0 Å². The Morgan fingerprint density at radius 2 is 1.59 bits per heavy atom. The molecule has 1 aliphatic heterocycles. The zero-order chi connectivity index (χ0) is 21.3. The molecule has 3 rings (SSSR count). The van der Waals surface area contributed by atoms with Crippen LogP contribution in [0.1, 0.15) is 39.7 Å². The van der Waals surface area contributed by atoms with Gasteiger partial charge >= 0.3 is 7.12 Å². The molecule has 0 unspecified atom stereocenters. The van der Waals surface area contributed by atoms with Gasteiger partial charge in [-0.2, -0.15) is 0 Å². The van der Waals surface area contributed by atoms with Crippen molar-refractivity contribution in [3.8, 4) is 5.75 Å². The van der Waals surface area contributed by atoms with Crippen LogP contribution in [0.15, 0.2) is 53.4 Å². The SMILES string of the molecule is COc1ccc(B2OC(C)(C)C(C)(C)O2)c(CCCS(=O)(=O)c2ccccc2)c1. The number of ether oxygens (including phenoxy) is 1. The van der Waals surface area contributed by atoms with Crippen molar-refractivity contribution >= 4 is 22.4 Å². The van der Waals surface area contributed by atoms with Crippen LogP contribution in [0.3, 0.4) is 0 Å². The lowest BCUT2D eigenvalue weighted by atomic mass is 9.75. The van der Waals surface area contributed by atoms with Gasteiger partial charge in [-0.15, -0.1) is 0 Å². The highest BCUT2D eigenvalue weighted by atomic mass is 32.2. The molecule has 1 aliphatic rings. The maximum atomic E-state index is 12.6. The fourth-order valence-corrected chi connectivity index (χ4v) is 4.66. The first-order valence-corrected chi connectivity index (χ1v) is 11.5. The Morgan fingerprint density at radius 1 is 0.966 bits per heavy atom. The van der Waals surface area contributed by atoms with E-state index in [2.05, 4.69) is 0 Å². The minimum atomic E-state index is -3.31. The molecular formula is C22H29BO5S. The van der Waals surface area contributed by atoms with E-state index in [1.807, 2.05) is 52.0 Å². The number of methoxy groups -OCH3 is 1. The Balaban J connectivity index is 1.78. The topological polar surface area (TPSA) is 61.8 Å². The summed E-state index contributed by atoms with van der Waals surface area (Å²) in [7, 11) is -2.18. The van der Waals surface area contributed by atoms with Crippen LogP contribution in [-0.4, -0.2) is 39.6 Å². The van der Waals surface area contributed by atoms with Gasteiger partial charge in [-0.3, -0.25) is 0 Å². The molecule has 2 aromatic rings. The summed E-state index contributed by atoms with van der Waals surface area (Å²) < 4.78 is 42.9. The Hall–Kier alpha value is -1.83.